The van der Waals surface area contributed by atoms with Crippen LogP contribution in [0.5, 0.6) is 0 Å². The first-order valence-electron chi connectivity index (χ1n) is 25.6. The molecule has 2 aromatic carbocycles. The van der Waals surface area contributed by atoms with Crippen molar-refractivity contribution >= 4 is 34.4 Å². The molecule has 0 spiro atoms. The number of benzene rings is 2. The van der Waals surface area contributed by atoms with Crippen LogP contribution >= 0.6 is 0 Å². The molecule has 0 bridgehead atoms. The van der Waals surface area contributed by atoms with Crippen LogP contribution in [-0.4, -0.2) is 159 Å². The summed E-state index contributed by atoms with van der Waals surface area (Å²) in [4.78, 5) is 51.6. The van der Waals surface area contributed by atoms with Crippen molar-refractivity contribution in [1.82, 2.24) is 24.9 Å². The van der Waals surface area contributed by atoms with E-state index in [4.69, 9.17) is 28.4 Å². The van der Waals surface area contributed by atoms with Crippen LogP contribution in [0.15, 0.2) is 67.0 Å². The third kappa shape index (κ3) is 13.1. The first-order valence-corrected chi connectivity index (χ1v) is 25.6. The van der Waals surface area contributed by atoms with E-state index in [0.717, 1.165) is 55.8 Å². The number of aliphatic hydroxyl groups excluding tert-OH is 5. The van der Waals surface area contributed by atoms with Crippen LogP contribution < -0.4 is 5.32 Å². The van der Waals surface area contributed by atoms with Crippen molar-refractivity contribution in [2.75, 3.05) is 6.61 Å². The predicted octanol–water partition coefficient (Wildman–Crippen LogP) is 2.99. The minimum atomic E-state index is -1.71. The summed E-state index contributed by atoms with van der Waals surface area (Å²) in [5, 5.41) is 88.4. The summed E-state index contributed by atoms with van der Waals surface area (Å²) in [5.41, 5.74) is 1.54. The monoisotopic (exact) mass is 1040 g/mol. The Kier molecular flexibility index (Phi) is 18.4. The van der Waals surface area contributed by atoms with Crippen LogP contribution in [0, 0.1) is 27.9 Å². The van der Waals surface area contributed by atoms with E-state index in [-0.39, 0.29) is 48.9 Å². The summed E-state index contributed by atoms with van der Waals surface area (Å²) < 4.78 is 41.2. The van der Waals surface area contributed by atoms with Gasteiger partial charge in [-0.1, -0.05) is 62.4 Å². The Bertz CT molecular complexity index is 2510. The van der Waals surface area contributed by atoms with Gasteiger partial charge in [0, 0.05) is 48.2 Å². The number of carboxylic acid groups (broad SMARTS) is 1. The fourth-order valence-corrected chi connectivity index (χ4v) is 10.7. The van der Waals surface area contributed by atoms with Crippen LogP contribution in [-0.2, 0) is 57.6 Å². The number of aromatic nitrogens is 4. The smallest absolute Gasteiger partial charge is 0.338 e. The van der Waals surface area contributed by atoms with Gasteiger partial charge in [0.05, 0.1) is 48.1 Å². The second-order valence-corrected chi connectivity index (χ2v) is 20.1. The van der Waals surface area contributed by atoms with Gasteiger partial charge >= 0.3 is 11.9 Å². The molecular formula is C51H68N6O17. The number of aliphatic hydroxyl groups is 5. The zero-order chi connectivity index (χ0) is 52.6. The van der Waals surface area contributed by atoms with Crippen molar-refractivity contribution in [2.24, 2.45) is 17.8 Å². The molecule has 7 N–H and O–H groups in total. The number of rotatable bonds is 21. The third-order valence-electron chi connectivity index (χ3n) is 14.8. The molecule has 23 nitrogen and oxygen atoms in total. The number of ether oxygens (including phenoxy) is 6. The summed E-state index contributed by atoms with van der Waals surface area (Å²) in [6.45, 7) is 3.76. The summed E-state index contributed by atoms with van der Waals surface area (Å²) >= 11 is 0. The van der Waals surface area contributed by atoms with Gasteiger partial charge in [0.1, 0.15) is 42.3 Å². The summed E-state index contributed by atoms with van der Waals surface area (Å²) in [6.07, 6.45) is -9.02. The van der Waals surface area contributed by atoms with Crippen molar-refractivity contribution in [3.8, 4) is 0 Å². The molecule has 8 rings (SSSR count). The number of carbonyl (C=O) groups is 3. The maximum absolute atomic E-state index is 14.1. The van der Waals surface area contributed by atoms with E-state index in [9.17, 15) is 55.1 Å². The number of nitrogens with zero attached hydrogens (tertiary/aromatic N) is 5. The number of amides is 1. The largest absolute Gasteiger partial charge is 0.479 e. The summed E-state index contributed by atoms with van der Waals surface area (Å²) in [7, 11) is 0. The molecular weight excluding hydrogens is 969 g/mol. The molecule has 4 aromatic rings. The molecule has 0 radical (unpaired) electrons. The number of carboxylic acids is 1. The zero-order valence-corrected chi connectivity index (χ0v) is 41.4. The van der Waals surface area contributed by atoms with E-state index in [0.29, 0.717) is 18.8 Å². The van der Waals surface area contributed by atoms with Crippen LogP contribution in [0.4, 0.5) is 5.69 Å². The predicted molar refractivity (Wildman–Crippen MR) is 259 cm³/mol. The van der Waals surface area contributed by atoms with Gasteiger partial charge in [-0.3, -0.25) is 19.6 Å². The standard InChI is InChI=1S/C51H68N6O17/c1-28-21-33(47(63)52-25-34-26-56(54-53-34)19-10-9-18-55-20-17-32-23-35(57(67)68)15-16-36(32)55)24-37(44(28)74-50-43(62)42(61)40(59)29(2)69-50)71-51-46(73-49(66)31-13-7-4-8-14-31)45(41(60)39(27-58)72-51)70-38(48(64)65)22-30-11-5-3-6-12-30/h4,7-8,13-17,20,23,26,28-30,33,37-46,50-51,58-62H,3,5-6,9-12,18-19,21-22,24-25,27H2,1-2H3,(H,52,63)(H,64,65)/t28?,29?,33?,37-,38+,39?,40-,41?,42?,43?,44?,45?,46?,50+,51-/m1/s1. The topological polar surface area (TPSA) is 319 Å². The maximum Gasteiger partial charge on any atom is 0.338 e. The van der Waals surface area contributed by atoms with Crippen LogP contribution in [0.2, 0.25) is 0 Å². The molecule has 2 aliphatic carbocycles. The highest BCUT2D eigenvalue weighted by molar-refractivity contribution is 5.89. The van der Waals surface area contributed by atoms with E-state index in [2.05, 4.69) is 15.6 Å². The average Bonchev–Trinajstić information content (AvgIpc) is 4.04. The van der Waals surface area contributed by atoms with Crippen LogP contribution in [0.3, 0.4) is 0 Å². The van der Waals surface area contributed by atoms with Gasteiger partial charge in [-0.2, -0.15) is 0 Å². The lowest BCUT2D eigenvalue weighted by atomic mass is 9.77. The van der Waals surface area contributed by atoms with Crippen molar-refractivity contribution in [1.29, 1.82) is 0 Å². The highest BCUT2D eigenvalue weighted by Crippen LogP contribution is 2.39. The lowest BCUT2D eigenvalue weighted by Gasteiger charge is -2.48. The number of carbonyl (C=O) groups excluding carboxylic acids is 2. The van der Waals surface area contributed by atoms with Crippen molar-refractivity contribution in [3.63, 3.8) is 0 Å². The van der Waals surface area contributed by atoms with Gasteiger partial charge in [0.2, 0.25) is 5.91 Å². The molecule has 4 fully saturated rings. The molecule has 15 atom stereocenters. The van der Waals surface area contributed by atoms with E-state index in [1.54, 1.807) is 48.1 Å². The Balaban J connectivity index is 0.986. The number of fused-ring (bicyclic) bond motifs is 1. The first kappa shape index (κ1) is 54.8. The first-order chi connectivity index (χ1) is 35.6. The number of nitrogens with one attached hydrogen (secondary N) is 1. The molecule has 4 aliphatic rings. The molecule has 74 heavy (non-hydrogen) atoms. The molecule has 4 heterocycles. The molecule has 10 unspecified atom stereocenters. The normalized spacial score (nSPS) is 31.2. The number of aliphatic carboxylic acids is 1. The quantitative estimate of drug-likeness (QED) is 0.0273. The Morgan fingerprint density at radius 1 is 0.878 bits per heavy atom. The van der Waals surface area contributed by atoms with E-state index in [1.807, 2.05) is 16.8 Å². The Labute approximate surface area is 426 Å². The SMILES string of the molecule is CC1CC(C(=O)NCc2cn(CCCCn3ccc4cc([N+](=O)[O-])ccc43)nn2)C[C@@H](O[C@@H]2OC(CO)C(O)C(O[C@@H](CC3CCCCC3)C(=O)O)C2OC(=O)c2ccccc2)C1O[C@@H]1OC(C)[C@@H](O)C(O)C1O. The van der Waals surface area contributed by atoms with Gasteiger partial charge in [0.15, 0.2) is 24.8 Å². The number of hydrogen-bond donors (Lipinski definition) is 7. The highest BCUT2D eigenvalue weighted by atomic mass is 16.7. The van der Waals surface area contributed by atoms with Gasteiger partial charge < -0.3 is 68.9 Å². The lowest BCUT2D eigenvalue weighted by Crippen LogP contribution is -2.64. The molecule has 1 amide bonds. The average molecular weight is 1040 g/mol. The second-order valence-electron chi connectivity index (χ2n) is 20.1. The molecule has 2 aliphatic heterocycles. The third-order valence-corrected chi connectivity index (χ3v) is 14.8. The van der Waals surface area contributed by atoms with E-state index < -0.39 is 115 Å². The Hall–Kier alpha value is -5.47. The van der Waals surface area contributed by atoms with Crippen molar-refractivity contribution in [3.05, 3.63) is 88.4 Å². The fraction of sp³-hybridized carbons (Fsp3) is 0.627. The maximum atomic E-state index is 14.1. The minimum Gasteiger partial charge on any atom is -0.479 e. The highest BCUT2D eigenvalue weighted by Gasteiger charge is 2.54. The molecule has 23 heteroatoms. The Morgan fingerprint density at radius 3 is 2.36 bits per heavy atom. The van der Waals surface area contributed by atoms with Gasteiger partial charge in [-0.15, -0.1) is 5.10 Å². The molecule has 2 saturated carbocycles. The van der Waals surface area contributed by atoms with Crippen LogP contribution in [0.25, 0.3) is 10.9 Å². The number of hydrogen-bond acceptors (Lipinski definition) is 18. The molecule has 404 valence electrons. The Morgan fingerprint density at radius 2 is 1.64 bits per heavy atom. The van der Waals surface area contributed by atoms with Gasteiger partial charge in [-0.05, 0) is 75.1 Å². The van der Waals surface area contributed by atoms with Crippen LogP contribution in [0.1, 0.15) is 94.1 Å². The lowest BCUT2D eigenvalue weighted by molar-refractivity contribution is -0.384. The van der Waals surface area contributed by atoms with Gasteiger partial charge in [-0.25, -0.2) is 9.59 Å². The number of aryl methyl sites for hydroxylation is 2. The van der Waals surface area contributed by atoms with E-state index in [1.165, 1.54) is 25.1 Å². The van der Waals surface area contributed by atoms with Crippen molar-refractivity contribution < 1.29 is 78.4 Å². The van der Waals surface area contributed by atoms with Gasteiger partial charge in [0.25, 0.3) is 5.69 Å². The fourth-order valence-electron chi connectivity index (χ4n) is 10.7. The molecule has 2 aromatic heterocycles. The molecule has 2 saturated heterocycles. The minimum absolute atomic E-state index is 0.0235. The summed E-state index contributed by atoms with van der Waals surface area (Å²) in [6, 6.07) is 14.6. The zero-order valence-electron chi connectivity index (χ0n) is 41.4. The summed E-state index contributed by atoms with van der Waals surface area (Å²) in [5.74, 6) is -3.83. The number of nitro benzene ring substituents is 1. The number of esters is 1. The van der Waals surface area contributed by atoms with E-state index >= 15 is 0 Å². The second kappa shape index (κ2) is 24.9. The van der Waals surface area contributed by atoms with Crippen molar-refractivity contribution in [2.45, 2.75) is 177 Å². The number of nitro groups is 1. The number of non-ortho nitro benzene ring substituents is 1. The number of unbranched alkanes of at least 4 members (excludes halogenated alkanes) is 1.